The summed E-state index contributed by atoms with van der Waals surface area (Å²) in [6.07, 6.45) is 3.72. The molecular formula is C14H22N8O3. The molecule has 0 spiro atoms. The van der Waals surface area contributed by atoms with Gasteiger partial charge in [0.1, 0.15) is 5.69 Å². The molecule has 0 unspecified atom stereocenters. The fourth-order valence-electron chi connectivity index (χ4n) is 2.28. The summed E-state index contributed by atoms with van der Waals surface area (Å²) in [5, 5.41) is 21.2. The molecule has 0 radical (unpaired) electrons. The van der Waals surface area contributed by atoms with Crippen molar-refractivity contribution < 1.29 is 9.72 Å². The number of nitro groups is 1. The first kappa shape index (κ1) is 18.5. The molecule has 0 fully saturated rings. The van der Waals surface area contributed by atoms with E-state index >= 15 is 0 Å². The summed E-state index contributed by atoms with van der Waals surface area (Å²) in [7, 11) is 0. The van der Waals surface area contributed by atoms with Gasteiger partial charge in [-0.2, -0.15) is 9.78 Å². The molecule has 0 saturated carbocycles. The van der Waals surface area contributed by atoms with Crippen LogP contribution < -0.4 is 5.32 Å². The molecule has 0 saturated heterocycles. The highest BCUT2D eigenvalue weighted by atomic mass is 16.6. The van der Waals surface area contributed by atoms with Crippen molar-refractivity contribution in [3.8, 4) is 0 Å². The number of rotatable bonds is 10. The predicted molar refractivity (Wildman–Crippen MR) is 89.0 cm³/mol. The van der Waals surface area contributed by atoms with Crippen molar-refractivity contribution in [2.45, 2.75) is 26.9 Å². The molecule has 11 heteroatoms. The zero-order valence-electron chi connectivity index (χ0n) is 14.3. The van der Waals surface area contributed by atoms with Gasteiger partial charge in [-0.15, -0.1) is 0 Å². The second-order valence-electron chi connectivity index (χ2n) is 5.36. The van der Waals surface area contributed by atoms with E-state index in [0.717, 1.165) is 26.1 Å². The lowest BCUT2D eigenvalue weighted by atomic mass is 10.3. The van der Waals surface area contributed by atoms with Gasteiger partial charge in [-0.25, -0.2) is 4.68 Å². The van der Waals surface area contributed by atoms with Gasteiger partial charge in [0.05, 0.1) is 0 Å². The molecule has 0 bridgehead atoms. The second kappa shape index (κ2) is 8.87. The molecule has 0 aliphatic rings. The molecule has 0 aliphatic carbocycles. The Morgan fingerprint density at radius 3 is 2.72 bits per heavy atom. The molecule has 0 atom stereocenters. The van der Waals surface area contributed by atoms with Crippen molar-refractivity contribution in [1.29, 1.82) is 0 Å². The van der Waals surface area contributed by atoms with Crippen LogP contribution in [0.4, 0.5) is 5.95 Å². The number of hydrogen-bond donors (Lipinski definition) is 1. The normalized spacial score (nSPS) is 11.0. The van der Waals surface area contributed by atoms with E-state index in [4.69, 9.17) is 0 Å². The van der Waals surface area contributed by atoms with Crippen LogP contribution in [0.1, 0.15) is 30.8 Å². The molecule has 1 N–H and O–H groups in total. The van der Waals surface area contributed by atoms with Crippen molar-refractivity contribution in [1.82, 2.24) is 34.8 Å². The summed E-state index contributed by atoms with van der Waals surface area (Å²) in [6.45, 7) is 7.86. The number of nitrogens with one attached hydrogen (secondary N) is 1. The Morgan fingerprint density at radius 2 is 2.08 bits per heavy atom. The van der Waals surface area contributed by atoms with Crippen LogP contribution in [0.3, 0.4) is 0 Å². The maximum Gasteiger partial charge on any atom is 0.491 e. The van der Waals surface area contributed by atoms with E-state index in [-0.39, 0.29) is 18.3 Å². The molecule has 25 heavy (non-hydrogen) atoms. The predicted octanol–water partition coefficient (Wildman–Crippen LogP) is 0.350. The second-order valence-corrected chi connectivity index (χ2v) is 5.36. The van der Waals surface area contributed by atoms with Crippen LogP contribution in [0, 0.1) is 10.1 Å². The molecule has 2 heterocycles. The van der Waals surface area contributed by atoms with Crippen molar-refractivity contribution in [3.63, 3.8) is 0 Å². The summed E-state index contributed by atoms with van der Waals surface area (Å²) >= 11 is 0. The first-order valence-electron chi connectivity index (χ1n) is 8.11. The molecular weight excluding hydrogens is 328 g/mol. The zero-order chi connectivity index (χ0) is 18.2. The van der Waals surface area contributed by atoms with Gasteiger partial charge in [-0.05, 0) is 37.0 Å². The van der Waals surface area contributed by atoms with Gasteiger partial charge in [0.25, 0.3) is 5.91 Å². The average molecular weight is 350 g/mol. The Balaban J connectivity index is 1.81. The fraction of sp³-hybridized carbons (Fsp3) is 0.571. The molecule has 0 aromatic carbocycles. The molecule has 2 aromatic rings. The van der Waals surface area contributed by atoms with Crippen LogP contribution in [0.25, 0.3) is 0 Å². The summed E-state index contributed by atoms with van der Waals surface area (Å²) in [5.74, 6) is -0.721. The molecule has 2 aromatic heterocycles. The van der Waals surface area contributed by atoms with Crippen LogP contribution in [-0.4, -0.2) is 66.5 Å². The van der Waals surface area contributed by atoms with Crippen LogP contribution >= 0.6 is 0 Å². The quantitative estimate of drug-likeness (QED) is 0.372. The third-order valence-electron chi connectivity index (χ3n) is 3.68. The van der Waals surface area contributed by atoms with Crippen LogP contribution in [0.2, 0.25) is 0 Å². The van der Waals surface area contributed by atoms with Crippen molar-refractivity contribution in [2.75, 3.05) is 26.2 Å². The number of hydrogen-bond acceptors (Lipinski definition) is 7. The first-order valence-corrected chi connectivity index (χ1v) is 8.11. The highest BCUT2D eigenvalue weighted by Gasteiger charge is 2.14. The number of amides is 1. The van der Waals surface area contributed by atoms with E-state index in [9.17, 15) is 14.9 Å². The minimum absolute atomic E-state index is 0.135. The van der Waals surface area contributed by atoms with E-state index in [1.165, 1.54) is 15.7 Å². The van der Waals surface area contributed by atoms with Gasteiger partial charge in [0, 0.05) is 17.8 Å². The van der Waals surface area contributed by atoms with E-state index in [1.54, 1.807) is 12.3 Å². The number of carbonyl (C=O) groups excluding carboxylic acids is 1. The third-order valence-corrected chi connectivity index (χ3v) is 3.68. The summed E-state index contributed by atoms with van der Waals surface area (Å²) < 4.78 is 2.74. The smallest absolute Gasteiger partial charge is 0.390 e. The number of aromatic nitrogens is 5. The van der Waals surface area contributed by atoms with Gasteiger partial charge in [-0.3, -0.25) is 4.79 Å². The molecule has 2 rings (SSSR count). The molecule has 0 aliphatic heterocycles. The summed E-state index contributed by atoms with van der Waals surface area (Å²) in [4.78, 5) is 27.8. The van der Waals surface area contributed by atoms with Crippen LogP contribution in [-0.2, 0) is 6.67 Å². The van der Waals surface area contributed by atoms with E-state index < -0.39 is 10.9 Å². The zero-order valence-corrected chi connectivity index (χ0v) is 14.3. The molecule has 136 valence electrons. The van der Waals surface area contributed by atoms with Crippen molar-refractivity contribution >= 4 is 11.9 Å². The van der Waals surface area contributed by atoms with Gasteiger partial charge in [-0.1, -0.05) is 18.8 Å². The Hall–Kier alpha value is -2.82. The third kappa shape index (κ3) is 5.35. The minimum Gasteiger partial charge on any atom is -0.390 e. The maximum atomic E-state index is 12.1. The molecule has 11 nitrogen and oxygen atoms in total. The lowest BCUT2D eigenvalue weighted by Gasteiger charge is -2.17. The SMILES string of the molecule is CCN(CC)CCCNC(=O)c1ccn(Cn2cnc([N+](=O)[O-])n2)n1. The van der Waals surface area contributed by atoms with E-state index in [2.05, 4.69) is 39.2 Å². The molecule has 1 amide bonds. The topological polar surface area (TPSA) is 124 Å². The lowest BCUT2D eigenvalue weighted by Crippen LogP contribution is -2.30. The summed E-state index contributed by atoms with van der Waals surface area (Å²) in [6, 6.07) is 1.59. The standard InChI is InChI=1S/C14H22N8O3/c1-3-19(4-2)8-5-7-15-13(23)12-6-9-20(17-12)11-21-10-16-14(18-21)22(24)25/h6,9-10H,3-5,7-8,11H2,1-2H3,(H,15,23). The maximum absolute atomic E-state index is 12.1. The van der Waals surface area contributed by atoms with Gasteiger partial charge < -0.3 is 20.3 Å². The van der Waals surface area contributed by atoms with Gasteiger partial charge >= 0.3 is 5.95 Å². The monoisotopic (exact) mass is 350 g/mol. The Kier molecular flexibility index (Phi) is 6.57. The van der Waals surface area contributed by atoms with Crippen molar-refractivity contribution in [2.24, 2.45) is 0 Å². The van der Waals surface area contributed by atoms with E-state index in [1.807, 2.05) is 0 Å². The summed E-state index contributed by atoms with van der Waals surface area (Å²) in [5.41, 5.74) is 0.289. The number of carbonyl (C=O) groups is 1. The lowest BCUT2D eigenvalue weighted by molar-refractivity contribution is -0.394. The Bertz CT molecular complexity index is 707. The van der Waals surface area contributed by atoms with E-state index in [0.29, 0.717) is 6.54 Å². The van der Waals surface area contributed by atoms with Crippen LogP contribution in [0.5, 0.6) is 0 Å². The Labute approximate surface area is 144 Å². The van der Waals surface area contributed by atoms with Crippen LogP contribution in [0.15, 0.2) is 18.6 Å². The average Bonchev–Trinajstić information content (AvgIpc) is 3.25. The first-order chi connectivity index (χ1) is 12.0. The largest absolute Gasteiger partial charge is 0.491 e. The Morgan fingerprint density at radius 1 is 1.32 bits per heavy atom. The minimum atomic E-state index is -0.670. The van der Waals surface area contributed by atoms with Gasteiger partial charge in [0.15, 0.2) is 6.67 Å². The highest BCUT2D eigenvalue weighted by molar-refractivity contribution is 5.92. The highest BCUT2D eigenvalue weighted by Crippen LogP contribution is 2.01. The van der Waals surface area contributed by atoms with Crippen molar-refractivity contribution in [3.05, 3.63) is 34.4 Å². The van der Waals surface area contributed by atoms with Gasteiger partial charge in [0.2, 0.25) is 6.33 Å². The number of nitrogens with zero attached hydrogens (tertiary/aromatic N) is 7. The fourth-order valence-corrected chi connectivity index (χ4v) is 2.28.